The summed E-state index contributed by atoms with van der Waals surface area (Å²) in [5, 5.41) is 13.6. The zero-order chi connectivity index (χ0) is 20.8. The van der Waals surface area contributed by atoms with Crippen LogP contribution >= 0.6 is 0 Å². The third kappa shape index (κ3) is 3.17. The van der Waals surface area contributed by atoms with Crippen molar-refractivity contribution in [2.45, 2.75) is 33.4 Å². The van der Waals surface area contributed by atoms with Gasteiger partial charge in [-0.05, 0) is 23.6 Å². The molecule has 1 aliphatic rings. The van der Waals surface area contributed by atoms with Gasteiger partial charge in [0, 0.05) is 12.1 Å². The van der Waals surface area contributed by atoms with E-state index in [2.05, 4.69) is 5.10 Å². The van der Waals surface area contributed by atoms with Crippen LogP contribution in [0.3, 0.4) is 0 Å². The summed E-state index contributed by atoms with van der Waals surface area (Å²) in [5.41, 5.74) is 11.9. The Morgan fingerprint density at radius 3 is 2.46 bits per heavy atom. The lowest BCUT2D eigenvalue weighted by Gasteiger charge is -2.42. The second kappa shape index (κ2) is 6.64. The quantitative estimate of drug-likeness (QED) is 0.821. The number of urea groups is 1. The molecule has 0 saturated carbocycles. The summed E-state index contributed by atoms with van der Waals surface area (Å²) in [5.74, 6) is -1.37. The van der Waals surface area contributed by atoms with Crippen molar-refractivity contribution in [1.82, 2.24) is 14.7 Å². The number of hydrogen-bond acceptors (Lipinski definition) is 4. The fourth-order valence-electron chi connectivity index (χ4n) is 3.75. The Kier molecular flexibility index (Phi) is 4.59. The molecule has 28 heavy (non-hydrogen) atoms. The molecule has 3 amide bonds. The zero-order valence-electron chi connectivity index (χ0n) is 15.9. The van der Waals surface area contributed by atoms with Crippen molar-refractivity contribution >= 4 is 11.9 Å². The van der Waals surface area contributed by atoms with E-state index in [0.29, 0.717) is 18.8 Å². The van der Waals surface area contributed by atoms with E-state index < -0.39 is 29.2 Å². The number of fused-ring (bicyclic) bond motifs is 1. The molecule has 0 saturated heterocycles. The first kappa shape index (κ1) is 19.4. The molecule has 8 nitrogen and oxygen atoms in total. The third-order valence-corrected chi connectivity index (χ3v) is 4.77. The number of benzene rings is 1. The maximum absolute atomic E-state index is 14.0. The molecule has 1 aliphatic heterocycles. The largest absolute Gasteiger partial charge is 0.365 e. The third-order valence-electron chi connectivity index (χ3n) is 4.77. The molecule has 9 heteroatoms. The van der Waals surface area contributed by atoms with Crippen LogP contribution < -0.4 is 11.5 Å². The van der Waals surface area contributed by atoms with Crippen LogP contribution in [0.25, 0.3) is 11.3 Å². The Labute approximate surface area is 161 Å². The number of nitrogens with zero attached hydrogens (tertiary/aromatic N) is 4. The summed E-state index contributed by atoms with van der Waals surface area (Å²) in [6.07, 6.45) is 0. The van der Waals surface area contributed by atoms with Crippen molar-refractivity contribution in [3.8, 4) is 17.3 Å². The fraction of sp³-hybridized carbons (Fsp3) is 0.368. The van der Waals surface area contributed by atoms with E-state index in [1.807, 2.05) is 26.8 Å². The van der Waals surface area contributed by atoms with E-state index >= 15 is 0 Å². The Morgan fingerprint density at radius 1 is 1.25 bits per heavy atom. The number of halogens is 1. The van der Waals surface area contributed by atoms with Crippen molar-refractivity contribution in [1.29, 1.82) is 5.26 Å². The van der Waals surface area contributed by atoms with E-state index in [1.54, 1.807) is 4.68 Å². The summed E-state index contributed by atoms with van der Waals surface area (Å²) < 4.78 is 15.6. The summed E-state index contributed by atoms with van der Waals surface area (Å²) in [7, 11) is 0. The maximum Gasteiger partial charge on any atom is 0.315 e. The van der Waals surface area contributed by atoms with Crippen LogP contribution in [0.5, 0.6) is 0 Å². The van der Waals surface area contributed by atoms with Gasteiger partial charge in [0.1, 0.15) is 11.5 Å². The molecule has 0 aliphatic carbocycles. The van der Waals surface area contributed by atoms with Gasteiger partial charge in [0.15, 0.2) is 0 Å². The molecule has 2 aromatic rings. The number of nitriles is 1. The lowest BCUT2D eigenvalue weighted by Crippen LogP contribution is -2.49. The number of rotatable bonds is 2. The zero-order valence-corrected chi connectivity index (χ0v) is 15.9. The predicted molar refractivity (Wildman–Crippen MR) is 99.3 cm³/mol. The van der Waals surface area contributed by atoms with Crippen molar-refractivity contribution in [3.63, 3.8) is 0 Å². The number of carbonyl (C=O) groups excluding carboxylic acids is 2. The van der Waals surface area contributed by atoms with E-state index in [0.717, 1.165) is 6.07 Å². The molecule has 1 atom stereocenters. The average molecular weight is 384 g/mol. The first-order valence-electron chi connectivity index (χ1n) is 8.72. The molecular weight excluding hydrogens is 363 g/mol. The van der Waals surface area contributed by atoms with Gasteiger partial charge in [0.05, 0.1) is 35.5 Å². The normalized spacial score (nSPS) is 16.4. The molecule has 0 bridgehead atoms. The number of aromatic nitrogens is 2. The second-order valence-corrected chi connectivity index (χ2v) is 7.84. The molecule has 4 N–H and O–H groups in total. The topological polar surface area (TPSA) is 131 Å². The number of primary amides is 2. The van der Waals surface area contributed by atoms with Crippen LogP contribution in [-0.2, 0) is 6.54 Å². The van der Waals surface area contributed by atoms with E-state index in [1.165, 1.54) is 17.0 Å². The maximum atomic E-state index is 14.0. The van der Waals surface area contributed by atoms with Gasteiger partial charge in [-0.25, -0.2) is 9.18 Å². The highest BCUT2D eigenvalue weighted by molar-refractivity contribution is 6.00. The predicted octanol–water partition coefficient (Wildman–Crippen LogP) is 2.14. The molecule has 0 spiro atoms. The minimum atomic E-state index is -0.750. The smallest absolute Gasteiger partial charge is 0.315 e. The molecule has 2 heterocycles. The minimum Gasteiger partial charge on any atom is -0.365 e. The SMILES string of the molecule is CC(C)(C)C1c2c(C(N)=O)c(-c3cc(F)cc(C#N)c3)nn2CCN1C(N)=O. The van der Waals surface area contributed by atoms with Gasteiger partial charge in [-0.3, -0.25) is 9.48 Å². The molecule has 1 aromatic heterocycles. The van der Waals surface area contributed by atoms with Crippen molar-refractivity contribution in [2.24, 2.45) is 16.9 Å². The number of amides is 3. The lowest BCUT2D eigenvalue weighted by molar-refractivity contribution is 0.0899. The van der Waals surface area contributed by atoms with Gasteiger partial charge in [-0.2, -0.15) is 10.4 Å². The molecular formula is C19H21FN6O2. The van der Waals surface area contributed by atoms with Crippen molar-refractivity contribution in [3.05, 3.63) is 40.8 Å². The summed E-state index contributed by atoms with van der Waals surface area (Å²) >= 11 is 0. The Morgan fingerprint density at radius 2 is 1.93 bits per heavy atom. The summed E-state index contributed by atoms with van der Waals surface area (Å²) in [4.78, 5) is 25.9. The van der Waals surface area contributed by atoms with E-state index in [9.17, 15) is 14.0 Å². The standard InChI is InChI=1S/C19H21FN6O2/c1-19(2,3)16-15-13(17(22)27)14(11-6-10(9-21)7-12(20)8-11)24-26(15)5-4-25(16)18(23)28/h6-8,16H,4-5H2,1-3H3,(H2,22,27)(H2,23,28). The summed E-state index contributed by atoms with van der Waals surface area (Å²) in [6, 6.07) is 4.46. The van der Waals surface area contributed by atoms with Gasteiger partial charge in [0.2, 0.25) is 0 Å². The van der Waals surface area contributed by atoms with Crippen molar-refractivity contribution in [2.75, 3.05) is 6.54 Å². The Bertz CT molecular complexity index is 1010. The van der Waals surface area contributed by atoms with Gasteiger partial charge in [-0.15, -0.1) is 0 Å². The average Bonchev–Trinajstić information content (AvgIpc) is 2.98. The highest BCUT2D eigenvalue weighted by atomic mass is 19.1. The number of hydrogen-bond donors (Lipinski definition) is 2. The minimum absolute atomic E-state index is 0.0976. The van der Waals surface area contributed by atoms with Gasteiger partial charge in [-0.1, -0.05) is 20.8 Å². The van der Waals surface area contributed by atoms with Crippen molar-refractivity contribution < 1.29 is 14.0 Å². The van der Waals surface area contributed by atoms with Gasteiger partial charge in [0.25, 0.3) is 5.91 Å². The monoisotopic (exact) mass is 384 g/mol. The Balaban J connectivity index is 2.31. The van der Waals surface area contributed by atoms with Crippen LogP contribution in [0.15, 0.2) is 18.2 Å². The molecule has 1 unspecified atom stereocenters. The first-order valence-corrected chi connectivity index (χ1v) is 8.72. The number of carbonyl (C=O) groups is 2. The fourth-order valence-corrected chi connectivity index (χ4v) is 3.75. The molecule has 0 radical (unpaired) electrons. The van der Waals surface area contributed by atoms with Gasteiger partial charge < -0.3 is 16.4 Å². The van der Waals surface area contributed by atoms with Crippen LogP contribution in [0, 0.1) is 22.6 Å². The van der Waals surface area contributed by atoms with Crippen LogP contribution in [0.4, 0.5) is 9.18 Å². The molecule has 146 valence electrons. The van der Waals surface area contributed by atoms with E-state index in [-0.39, 0.29) is 22.4 Å². The van der Waals surface area contributed by atoms with Crippen LogP contribution in [0.2, 0.25) is 0 Å². The van der Waals surface area contributed by atoms with Crippen LogP contribution in [0.1, 0.15) is 48.4 Å². The summed E-state index contributed by atoms with van der Waals surface area (Å²) in [6.45, 7) is 6.37. The molecule has 0 fully saturated rings. The lowest BCUT2D eigenvalue weighted by atomic mass is 9.81. The molecule has 1 aromatic carbocycles. The highest BCUT2D eigenvalue weighted by Crippen LogP contribution is 2.43. The first-order chi connectivity index (χ1) is 13.0. The second-order valence-electron chi connectivity index (χ2n) is 7.84. The number of nitrogens with two attached hydrogens (primary N) is 2. The van der Waals surface area contributed by atoms with Crippen LogP contribution in [-0.4, -0.2) is 33.2 Å². The highest BCUT2D eigenvalue weighted by Gasteiger charge is 2.42. The molecule has 3 rings (SSSR count). The van der Waals surface area contributed by atoms with E-state index in [4.69, 9.17) is 16.7 Å². The van der Waals surface area contributed by atoms with Gasteiger partial charge >= 0.3 is 6.03 Å². The Hall–Kier alpha value is -3.41.